The van der Waals surface area contributed by atoms with Crippen LogP contribution in [0, 0.1) is 5.92 Å². The summed E-state index contributed by atoms with van der Waals surface area (Å²) in [7, 11) is 0. The number of nitrogens with zero attached hydrogens (tertiary/aromatic N) is 1. The second-order valence-electron chi connectivity index (χ2n) is 10.3. The van der Waals surface area contributed by atoms with Crippen LogP contribution in [0.1, 0.15) is 35.6 Å². The van der Waals surface area contributed by atoms with Crippen LogP contribution in [0.3, 0.4) is 0 Å². The molecule has 6 rings (SSSR count). The summed E-state index contributed by atoms with van der Waals surface area (Å²) in [6.07, 6.45) is 5.95. The van der Waals surface area contributed by atoms with Crippen LogP contribution in [0.15, 0.2) is 114 Å². The lowest BCUT2D eigenvalue weighted by molar-refractivity contribution is -0.154. The summed E-state index contributed by atoms with van der Waals surface area (Å²) in [5, 5.41) is 2.54. The Labute approximate surface area is 238 Å². The molecule has 0 bridgehead atoms. The van der Waals surface area contributed by atoms with Crippen molar-refractivity contribution in [2.24, 2.45) is 5.92 Å². The second kappa shape index (κ2) is 11.6. The van der Waals surface area contributed by atoms with Crippen molar-refractivity contribution in [1.82, 2.24) is 10.2 Å². The molecule has 2 amide bonds. The number of rotatable bonds is 9. The smallest absolute Gasteiger partial charge is 0.356 e. The molecule has 40 heavy (non-hydrogen) atoms. The predicted octanol–water partition coefficient (Wildman–Crippen LogP) is 5.18. The Morgan fingerprint density at radius 1 is 0.925 bits per heavy atom. The number of allylic oxidation sites excluding steroid dienone is 2. The van der Waals surface area contributed by atoms with Crippen LogP contribution in [-0.2, 0) is 25.5 Å². The fourth-order valence-corrected chi connectivity index (χ4v) is 6.37. The van der Waals surface area contributed by atoms with Gasteiger partial charge in [-0.1, -0.05) is 103 Å². The van der Waals surface area contributed by atoms with Gasteiger partial charge < -0.3 is 10.1 Å². The van der Waals surface area contributed by atoms with Gasteiger partial charge in [0.2, 0.25) is 5.91 Å². The monoisotopic (exact) mass is 550 g/mol. The maximum absolute atomic E-state index is 13.9. The van der Waals surface area contributed by atoms with Crippen LogP contribution < -0.4 is 5.32 Å². The number of β-lactam (4-membered cyclic amide) rings is 1. The van der Waals surface area contributed by atoms with E-state index in [0.29, 0.717) is 11.7 Å². The van der Waals surface area contributed by atoms with Crippen LogP contribution in [0.25, 0.3) is 0 Å². The third kappa shape index (κ3) is 5.61. The van der Waals surface area contributed by atoms with E-state index in [1.807, 2.05) is 97.1 Å². The number of carbonyl (C=O) groups is 3. The minimum Gasteiger partial charge on any atom is -0.448 e. The van der Waals surface area contributed by atoms with Crippen molar-refractivity contribution in [3.05, 3.63) is 131 Å². The number of ether oxygens (including phenoxy) is 1. The molecule has 3 aliphatic rings. The molecule has 0 spiro atoms. The number of hydrogen-bond acceptors (Lipinski definition) is 5. The zero-order valence-corrected chi connectivity index (χ0v) is 22.8. The average molecular weight is 551 g/mol. The molecule has 7 heteroatoms. The van der Waals surface area contributed by atoms with Gasteiger partial charge in [0.15, 0.2) is 6.10 Å². The molecule has 2 aliphatic heterocycles. The molecule has 1 saturated carbocycles. The zero-order valence-electron chi connectivity index (χ0n) is 21.9. The fourth-order valence-electron chi connectivity index (χ4n) is 5.05. The van der Waals surface area contributed by atoms with E-state index in [-0.39, 0.29) is 29.3 Å². The van der Waals surface area contributed by atoms with Gasteiger partial charge in [0.05, 0.1) is 6.42 Å². The number of hydrogen-bond donors (Lipinski definition) is 1. The number of esters is 1. The normalized spacial score (nSPS) is 20.3. The molecule has 1 N–H and O–H groups in total. The Kier molecular flexibility index (Phi) is 7.55. The lowest BCUT2D eigenvalue weighted by Crippen LogP contribution is -2.70. The first-order valence-corrected chi connectivity index (χ1v) is 14.6. The SMILES string of the molecule is O=C(Cc1ccccc1)NC1C(=O)N2C(C(=O)OC(c3ccccc3)c3ccccc3)=C(/C=C\C3CC3)CS[C@H]12. The molecule has 3 aromatic carbocycles. The lowest BCUT2D eigenvalue weighted by atomic mass is 10.00. The molecule has 2 heterocycles. The van der Waals surface area contributed by atoms with Gasteiger partial charge in [0.1, 0.15) is 17.1 Å². The van der Waals surface area contributed by atoms with Crippen molar-refractivity contribution in [2.75, 3.05) is 5.75 Å². The molecule has 6 nitrogen and oxygen atoms in total. The van der Waals surface area contributed by atoms with E-state index >= 15 is 0 Å². The van der Waals surface area contributed by atoms with Crippen LogP contribution in [0.2, 0.25) is 0 Å². The minimum atomic E-state index is -0.683. The van der Waals surface area contributed by atoms with Gasteiger partial charge in [-0.05, 0) is 41.0 Å². The van der Waals surface area contributed by atoms with Gasteiger partial charge in [-0.25, -0.2) is 4.79 Å². The summed E-state index contributed by atoms with van der Waals surface area (Å²) >= 11 is 1.56. The maximum Gasteiger partial charge on any atom is 0.356 e. The zero-order chi connectivity index (χ0) is 27.5. The molecule has 1 saturated heterocycles. The second-order valence-corrected chi connectivity index (χ2v) is 11.4. The van der Waals surface area contributed by atoms with Gasteiger partial charge >= 0.3 is 5.97 Å². The van der Waals surface area contributed by atoms with Gasteiger partial charge in [-0.2, -0.15) is 0 Å². The highest BCUT2D eigenvalue weighted by Gasteiger charge is 2.54. The van der Waals surface area contributed by atoms with Gasteiger partial charge in [0.25, 0.3) is 5.91 Å². The van der Waals surface area contributed by atoms with Crippen molar-refractivity contribution in [3.8, 4) is 0 Å². The van der Waals surface area contributed by atoms with Gasteiger partial charge in [0, 0.05) is 5.75 Å². The summed E-state index contributed by atoms with van der Waals surface area (Å²) in [6, 6.07) is 28.0. The number of nitrogens with one attached hydrogen (secondary N) is 1. The molecule has 2 fully saturated rings. The van der Waals surface area contributed by atoms with E-state index in [4.69, 9.17) is 4.74 Å². The largest absolute Gasteiger partial charge is 0.448 e. The van der Waals surface area contributed by atoms with E-state index in [1.54, 1.807) is 11.8 Å². The van der Waals surface area contributed by atoms with Crippen molar-refractivity contribution in [2.45, 2.75) is 36.8 Å². The Hall–Kier alpha value is -4.10. The Balaban J connectivity index is 1.25. The first kappa shape index (κ1) is 26.1. The average Bonchev–Trinajstić information content (AvgIpc) is 3.83. The van der Waals surface area contributed by atoms with Gasteiger partial charge in [-0.3, -0.25) is 14.5 Å². The predicted molar refractivity (Wildman–Crippen MR) is 155 cm³/mol. The van der Waals surface area contributed by atoms with Crippen molar-refractivity contribution in [3.63, 3.8) is 0 Å². The van der Waals surface area contributed by atoms with Crippen molar-refractivity contribution < 1.29 is 19.1 Å². The highest BCUT2D eigenvalue weighted by Crippen LogP contribution is 2.42. The van der Waals surface area contributed by atoms with E-state index in [0.717, 1.165) is 35.1 Å². The maximum atomic E-state index is 13.9. The molecular weight excluding hydrogens is 520 g/mol. The molecule has 1 aliphatic carbocycles. The van der Waals surface area contributed by atoms with Crippen molar-refractivity contribution in [1.29, 1.82) is 0 Å². The highest BCUT2D eigenvalue weighted by atomic mass is 32.2. The number of thioether (sulfide) groups is 1. The molecule has 2 atom stereocenters. The molecule has 202 valence electrons. The summed E-state index contributed by atoms with van der Waals surface area (Å²) < 4.78 is 6.19. The quantitative estimate of drug-likeness (QED) is 0.294. The Morgan fingerprint density at radius 2 is 1.52 bits per heavy atom. The molecule has 1 unspecified atom stereocenters. The minimum absolute atomic E-state index is 0.192. The first-order chi connectivity index (χ1) is 19.6. The van der Waals surface area contributed by atoms with Crippen LogP contribution in [0.4, 0.5) is 0 Å². The summed E-state index contributed by atoms with van der Waals surface area (Å²) in [4.78, 5) is 41.6. The lowest BCUT2D eigenvalue weighted by Gasteiger charge is -2.49. The standard InChI is InChI=1S/C33H30N2O4S/c36-27(20-23-10-4-1-5-11-23)34-28-31(37)35-29(26(21-40-32(28)35)19-18-22-16-17-22)33(38)39-30(24-12-6-2-7-13-24)25-14-8-3-9-15-25/h1-15,18-19,22,28,30,32H,16-17,20-21H2,(H,34,36)/b19-18-/t28?,32-/m1/s1. The van der Waals surface area contributed by atoms with Crippen LogP contribution in [0.5, 0.6) is 0 Å². The Morgan fingerprint density at radius 3 is 2.12 bits per heavy atom. The number of fused-ring (bicyclic) bond motifs is 1. The van der Waals surface area contributed by atoms with E-state index < -0.39 is 18.1 Å². The summed E-state index contributed by atoms with van der Waals surface area (Å²) in [5.74, 6) is 0.0189. The van der Waals surface area contributed by atoms with E-state index in [1.165, 1.54) is 4.90 Å². The topological polar surface area (TPSA) is 75.7 Å². The van der Waals surface area contributed by atoms with Crippen LogP contribution in [-0.4, -0.2) is 39.9 Å². The molecule has 3 aromatic rings. The number of benzene rings is 3. The van der Waals surface area contributed by atoms with Crippen LogP contribution >= 0.6 is 11.8 Å². The third-order valence-corrected chi connectivity index (χ3v) is 8.64. The summed E-state index contributed by atoms with van der Waals surface area (Å²) in [6.45, 7) is 0. The number of carbonyl (C=O) groups excluding carboxylic acids is 3. The third-order valence-electron chi connectivity index (χ3n) is 7.34. The summed E-state index contributed by atoms with van der Waals surface area (Å²) in [5.41, 5.74) is 3.63. The van der Waals surface area contributed by atoms with Crippen molar-refractivity contribution >= 4 is 29.5 Å². The number of amides is 2. The molecular formula is C33H30N2O4S. The molecule has 0 radical (unpaired) electrons. The van der Waals surface area contributed by atoms with E-state index in [9.17, 15) is 14.4 Å². The van der Waals surface area contributed by atoms with Gasteiger partial charge in [-0.15, -0.1) is 11.8 Å². The first-order valence-electron chi connectivity index (χ1n) is 13.6. The fraction of sp³-hybridized carbons (Fsp3) is 0.242. The van der Waals surface area contributed by atoms with E-state index in [2.05, 4.69) is 11.4 Å². The highest BCUT2D eigenvalue weighted by molar-refractivity contribution is 8.00. The Bertz CT molecular complexity index is 1410. The molecule has 0 aromatic heterocycles.